The van der Waals surface area contributed by atoms with Gasteiger partial charge in [0.15, 0.2) is 0 Å². The minimum absolute atomic E-state index is 0.0780. The van der Waals surface area contributed by atoms with E-state index in [1.54, 1.807) is 19.1 Å². The van der Waals surface area contributed by atoms with Crippen molar-refractivity contribution in [1.82, 2.24) is 14.8 Å². The van der Waals surface area contributed by atoms with Gasteiger partial charge in [0, 0.05) is 28.9 Å². The van der Waals surface area contributed by atoms with Crippen LogP contribution in [0, 0.1) is 20.8 Å². The number of aromatic nitrogens is 3. The van der Waals surface area contributed by atoms with Gasteiger partial charge in [0.1, 0.15) is 5.75 Å². The van der Waals surface area contributed by atoms with Gasteiger partial charge < -0.3 is 9.47 Å². The highest BCUT2D eigenvalue weighted by atomic mass is 19.3. The lowest BCUT2D eigenvalue weighted by atomic mass is 10.0. The van der Waals surface area contributed by atoms with Crippen LogP contribution in [0.3, 0.4) is 0 Å². The molecule has 0 amide bonds. The highest BCUT2D eigenvalue weighted by Gasteiger charge is 2.26. The molecule has 3 aromatic rings. The fourth-order valence-corrected chi connectivity index (χ4v) is 3.81. The number of alkyl halides is 2. The van der Waals surface area contributed by atoms with Crippen LogP contribution in [-0.4, -0.2) is 27.5 Å². The second-order valence-electron chi connectivity index (χ2n) is 7.48. The average Bonchev–Trinajstić information content (AvgIpc) is 3.01. The molecule has 1 aromatic carbocycles. The lowest BCUT2D eigenvalue weighted by Crippen LogP contribution is -2.21. The number of nitrogens with zero attached hydrogens (tertiary/aromatic N) is 3. The molecule has 0 aliphatic carbocycles. The van der Waals surface area contributed by atoms with Crippen LogP contribution in [0.4, 0.5) is 8.78 Å². The molecule has 152 valence electrons. The Bertz CT molecular complexity index is 1040. The summed E-state index contributed by atoms with van der Waals surface area (Å²) in [5.41, 5.74) is 7.29. The lowest BCUT2D eigenvalue weighted by molar-refractivity contribution is -0.0502. The molecule has 29 heavy (non-hydrogen) atoms. The van der Waals surface area contributed by atoms with E-state index in [9.17, 15) is 8.78 Å². The molecule has 0 saturated heterocycles. The Kier molecular flexibility index (Phi) is 5.08. The van der Waals surface area contributed by atoms with Crippen molar-refractivity contribution in [3.05, 3.63) is 58.5 Å². The third-order valence-electron chi connectivity index (χ3n) is 5.06. The summed E-state index contributed by atoms with van der Waals surface area (Å²) < 4.78 is 37.5. The average molecular weight is 399 g/mol. The van der Waals surface area contributed by atoms with Crippen molar-refractivity contribution in [2.75, 3.05) is 0 Å². The summed E-state index contributed by atoms with van der Waals surface area (Å²) in [4.78, 5) is 4.45. The Morgan fingerprint density at radius 2 is 1.86 bits per heavy atom. The molecule has 1 aliphatic heterocycles. The van der Waals surface area contributed by atoms with Gasteiger partial charge in [0.05, 0.1) is 29.8 Å². The molecule has 0 spiro atoms. The first-order chi connectivity index (χ1) is 13.8. The Balaban J connectivity index is 1.84. The molecule has 2 aromatic heterocycles. The van der Waals surface area contributed by atoms with E-state index < -0.39 is 6.61 Å². The van der Waals surface area contributed by atoms with Crippen molar-refractivity contribution in [3.63, 3.8) is 0 Å². The third kappa shape index (κ3) is 3.87. The SMILES string of the molecule is Cc1cc(-c2nn(-c3ccc(OC(F)F)c(C)c3)c3c2CO[C@H](C)C3)cc(C)n1. The van der Waals surface area contributed by atoms with E-state index >= 15 is 0 Å². The van der Waals surface area contributed by atoms with E-state index in [1.807, 2.05) is 43.7 Å². The van der Waals surface area contributed by atoms with Gasteiger partial charge in [-0.05, 0) is 63.6 Å². The standard InChI is InChI=1S/C22H23F2N3O2/c1-12-7-17(5-6-20(12)29-22(23)24)27-19-10-15(4)28-11-18(19)21(26-27)16-8-13(2)25-14(3)9-16/h5-9,15,22H,10-11H2,1-4H3/t15-/m1/s1. The van der Waals surface area contributed by atoms with Crippen molar-refractivity contribution < 1.29 is 18.3 Å². The molecule has 1 atom stereocenters. The first-order valence-corrected chi connectivity index (χ1v) is 9.55. The van der Waals surface area contributed by atoms with Gasteiger partial charge >= 0.3 is 6.61 Å². The van der Waals surface area contributed by atoms with E-state index in [2.05, 4.69) is 9.72 Å². The van der Waals surface area contributed by atoms with Gasteiger partial charge in [0.25, 0.3) is 0 Å². The number of hydrogen-bond donors (Lipinski definition) is 0. The van der Waals surface area contributed by atoms with Crippen LogP contribution in [0.1, 0.15) is 35.1 Å². The maximum atomic E-state index is 12.6. The van der Waals surface area contributed by atoms with Crippen molar-refractivity contribution in [2.45, 2.75) is 53.4 Å². The Hall–Kier alpha value is -2.80. The van der Waals surface area contributed by atoms with Crippen LogP contribution in [0.15, 0.2) is 30.3 Å². The van der Waals surface area contributed by atoms with Gasteiger partial charge in [-0.25, -0.2) is 4.68 Å². The Morgan fingerprint density at radius 3 is 2.52 bits per heavy atom. The number of ether oxygens (including phenoxy) is 2. The molecule has 0 bridgehead atoms. The topological polar surface area (TPSA) is 49.2 Å². The van der Waals surface area contributed by atoms with E-state index in [-0.39, 0.29) is 11.9 Å². The third-order valence-corrected chi connectivity index (χ3v) is 5.06. The van der Waals surface area contributed by atoms with E-state index in [0.29, 0.717) is 12.2 Å². The molecular formula is C22H23F2N3O2. The van der Waals surface area contributed by atoms with Crippen molar-refractivity contribution in [2.24, 2.45) is 0 Å². The van der Waals surface area contributed by atoms with Crippen LogP contribution in [-0.2, 0) is 17.8 Å². The molecule has 4 rings (SSSR count). The zero-order chi connectivity index (χ0) is 20.7. The summed E-state index contributed by atoms with van der Waals surface area (Å²) in [6.07, 6.45) is 0.800. The summed E-state index contributed by atoms with van der Waals surface area (Å²) in [7, 11) is 0. The number of fused-ring (bicyclic) bond motifs is 1. The number of hydrogen-bond acceptors (Lipinski definition) is 4. The van der Waals surface area contributed by atoms with Gasteiger partial charge in [-0.2, -0.15) is 13.9 Å². The first-order valence-electron chi connectivity index (χ1n) is 9.55. The van der Waals surface area contributed by atoms with Gasteiger partial charge in [-0.3, -0.25) is 4.98 Å². The molecule has 7 heteroatoms. The minimum Gasteiger partial charge on any atom is -0.435 e. The summed E-state index contributed by atoms with van der Waals surface area (Å²) >= 11 is 0. The second-order valence-corrected chi connectivity index (χ2v) is 7.48. The fourth-order valence-electron chi connectivity index (χ4n) is 3.81. The van der Waals surface area contributed by atoms with Crippen LogP contribution in [0.25, 0.3) is 16.9 Å². The van der Waals surface area contributed by atoms with E-state index in [4.69, 9.17) is 9.84 Å². The predicted octanol–water partition coefficient (Wildman–Crippen LogP) is 4.92. The molecule has 0 unspecified atom stereocenters. The number of rotatable bonds is 4. The second kappa shape index (κ2) is 7.55. The highest BCUT2D eigenvalue weighted by Crippen LogP contribution is 2.34. The summed E-state index contributed by atoms with van der Waals surface area (Å²) in [6, 6.07) is 9.17. The van der Waals surface area contributed by atoms with Gasteiger partial charge in [-0.15, -0.1) is 0 Å². The van der Waals surface area contributed by atoms with E-state index in [1.165, 1.54) is 0 Å². The molecular weight excluding hydrogens is 376 g/mol. The Morgan fingerprint density at radius 1 is 1.14 bits per heavy atom. The van der Waals surface area contributed by atoms with Gasteiger partial charge in [0.2, 0.25) is 0 Å². The molecule has 0 N–H and O–H groups in total. The smallest absolute Gasteiger partial charge is 0.387 e. The predicted molar refractivity (Wildman–Crippen MR) is 106 cm³/mol. The largest absolute Gasteiger partial charge is 0.435 e. The van der Waals surface area contributed by atoms with Crippen molar-refractivity contribution >= 4 is 0 Å². The number of benzene rings is 1. The lowest BCUT2D eigenvalue weighted by Gasteiger charge is -2.21. The molecule has 0 fully saturated rings. The van der Waals surface area contributed by atoms with Crippen LogP contribution >= 0.6 is 0 Å². The van der Waals surface area contributed by atoms with Crippen LogP contribution < -0.4 is 4.74 Å². The Labute approximate surface area is 168 Å². The highest BCUT2D eigenvalue weighted by molar-refractivity contribution is 5.66. The maximum absolute atomic E-state index is 12.6. The first kappa shape index (κ1) is 19.5. The molecule has 0 saturated carbocycles. The zero-order valence-corrected chi connectivity index (χ0v) is 16.9. The number of aryl methyl sites for hydroxylation is 3. The molecule has 1 aliphatic rings. The number of pyridine rings is 1. The van der Waals surface area contributed by atoms with Crippen LogP contribution in [0.5, 0.6) is 5.75 Å². The summed E-state index contributed by atoms with van der Waals surface area (Å²) in [5, 5.41) is 4.90. The normalized spacial score (nSPS) is 16.2. The molecule has 3 heterocycles. The zero-order valence-electron chi connectivity index (χ0n) is 16.9. The summed E-state index contributed by atoms with van der Waals surface area (Å²) in [6.45, 7) is 5.34. The van der Waals surface area contributed by atoms with Gasteiger partial charge in [-0.1, -0.05) is 0 Å². The quantitative estimate of drug-likeness (QED) is 0.625. The minimum atomic E-state index is -2.85. The van der Waals surface area contributed by atoms with Crippen molar-refractivity contribution in [3.8, 4) is 22.7 Å². The molecule has 5 nitrogen and oxygen atoms in total. The van der Waals surface area contributed by atoms with E-state index in [0.717, 1.165) is 46.0 Å². The maximum Gasteiger partial charge on any atom is 0.387 e. The number of halogens is 2. The van der Waals surface area contributed by atoms with Crippen molar-refractivity contribution in [1.29, 1.82) is 0 Å². The van der Waals surface area contributed by atoms with Crippen LogP contribution in [0.2, 0.25) is 0 Å². The molecule has 0 radical (unpaired) electrons. The fraction of sp³-hybridized carbons (Fsp3) is 0.364. The monoisotopic (exact) mass is 399 g/mol. The summed E-state index contributed by atoms with van der Waals surface area (Å²) in [5.74, 6) is 0.169.